The average Bonchev–Trinajstić information content (AvgIpc) is 2.84. The van der Waals surface area contributed by atoms with Gasteiger partial charge in [-0.25, -0.2) is 0 Å². The molecule has 0 radical (unpaired) electrons. The molecule has 1 aliphatic carbocycles. The molecule has 5 rings (SSSR count). The van der Waals surface area contributed by atoms with Crippen LogP contribution in [0.4, 0.5) is 8.78 Å². The van der Waals surface area contributed by atoms with E-state index in [2.05, 4.69) is 24.0 Å². The van der Waals surface area contributed by atoms with Gasteiger partial charge in [-0.3, -0.25) is 0 Å². The fourth-order valence-corrected chi connectivity index (χ4v) is 10.0. The second kappa shape index (κ2) is 6.93. The summed E-state index contributed by atoms with van der Waals surface area (Å²) in [5.41, 5.74) is 2.51. The summed E-state index contributed by atoms with van der Waals surface area (Å²) in [5.74, 6) is -0.231. The second-order valence-electron chi connectivity index (χ2n) is 8.37. The van der Waals surface area contributed by atoms with Crippen LogP contribution in [-0.4, -0.2) is 31.1 Å². The third-order valence-electron chi connectivity index (χ3n) is 6.76. The minimum atomic E-state index is -0.624. The van der Waals surface area contributed by atoms with Crippen molar-refractivity contribution in [2.45, 2.75) is 25.2 Å². The molecule has 3 aromatic rings. The topological polar surface area (TPSA) is 47.9 Å². The molecule has 2 aliphatic rings. The zero-order chi connectivity index (χ0) is 21.1. The summed E-state index contributed by atoms with van der Waals surface area (Å²) in [6.07, 6.45) is 1.77. The summed E-state index contributed by atoms with van der Waals surface area (Å²) < 4.78 is 36.4. The fourth-order valence-electron chi connectivity index (χ4n) is 4.97. The summed E-state index contributed by atoms with van der Waals surface area (Å²) in [6.45, 7) is 4.51. The van der Waals surface area contributed by atoms with E-state index < -0.39 is 11.6 Å². The molecule has 0 spiro atoms. The van der Waals surface area contributed by atoms with E-state index in [1.165, 1.54) is 18.2 Å². The Labute approximate surface area is 184 Å². The molecule has 2 aromatic heterocycles. The number of halogens is 3. The fraction of sp³-hybridized carbons (Fsp3) is 0.348. The monoisotopic (exact) mass is 520 g/mol. The van der Waals surface area contributed by atoms with E-state index in [0.29, 0.717) is 0 Å². The Kier molecular flexibility index (Phi) is 4.57. The van der Waals surface area contributed by atoms with Gasteiger partial charge in [0.05, 0.1) is 0 Å². The Balaban J connectivity index is 1.75. The van der Waals surface area contributed by atoms with Gasteiger partial charge >= 0.3 is 185 Å². The van der Waals surface area contributed by atoms with Gasteiger partial charge in [0.1, 0.15) is 0 Å². The Morgan fingerprint density at radius 3 is 2.60 bits per heavy atom. The van der Waals surface area contributed by atoms with E-state index in [9.17, 15) is 8.78 Å². The molecule has 3 heterocycles. The van der Waals surface area contributed by atoms with E-state index in [1.807, 2.05) is 18.2 Å². The van der Waals surface area contributed by atoms with Crippen LogP contribution in [0.15, 0.2) is 42.6 Å². The molecular weight excluding hydrogens is 499 g/mol. The SMILES string of the molecule is COc1ccnc([C@@]23C[I-]C[C@@H](c4cc(-c5c(F)cccc5F)nnc42)C3(C)C)c1. The van der Waals surface area contributed by atoms with Crippen molar-refractivity contribution in [3.05, 3.63) is 71.2 Å². The zero-order valence-electron chi connectivity index (χ0n) is 16.9. The molecule has 0 N–H and O–H groups in total. The van der Waals surface area contributed by atoms with Gasteiger partial charge in [0.2, 0.25) is 0 Å². The number of hydrogen-bond acceptors (Lipinski definition) is 4. The standard InChI is InChI=1S/C23H21F2IN3O/c1-22(2)15-11-26-12-23(22,19-9-13(30-3)7-8-27-19)21-14(15)10-18(28-29-21)20-16(24)5-4-6-17(20)25/h4-10,15H,11-12H2,1-3H3/q-1/t15-,23-/m0/s1. The van der Waals surface area contributed by atoms with Gasteiger partial charge < -0.3 is 0 Å². The second-order valence-corrected chi connectivity index (χ2v) is 11.1. The molecule has 2 bridgehead atoms. The van der Waals surface area contributed by atoms with E-state index in [0.717, 1.165) is 31.6 Å². The molecule has 0 unspecified atom stereocenters. The molecule has 0 saturated carbocycles. The van der Waals surface area contributed by atoms with Crippen LogP contribution < -0.4 is 25.9 Å². The number of benzene rings is 1. The Bertz CT molecular complexity index is 1130. The summed E-state index contributed by atoms with van der Waals surface area (Å²) in [7, 11) is 1.65. The molecule has 1 aromatic carbocycles. The van der Waals surface area contributed by atoms with Gasteiger partial charge in [0.25, 0.3) is 0 Å². The number of aromatic nitrogens is 3. The van der Waals surface area contributed by atoms with Crippen LogP contribution in [0.1, 0.15) is 36.7 Å². The van der Waals surface area contributed by atoms with Gasteiger partial charge in [-0.15, -0.1) is 0 Å². The van der Waals surface area contributed by atoms with Crippen LogP contribution in [0.25, 0.3) is 11.3 Å². The van der Waals surface area contributed by atoms with Crippen molar-refractivity contribution in [3.8, 4) is 17.0 Å². The quantitative estimate of drug-likeness (QED) is 0.387. The molecule has 1 fully saturated rings. The molecule has 156 valence electrons. The maximum atomic E-state index is 14.4. The van der Waals surface area contributed by atoms with Crippen molar-refractivity contribution in [1.29, 1.82) is 0 Å². The number of alkyl halides is 2. The number of rotatable bonds is 3. The van der Waals surface area contributed by atoms with Crippen molar-refractivity contribution in [2.75, 3.05) is 16.0 Å². The van der Waals surface area contributed by atoms with Gasteiger partial charge in [0, 0.05) is 0 Å². The summed E-state index contributed by atoms with van der Waals surface area (Å²) >= 11 is -0.0754. The predicted molar refractivity (Wildman–Crippen MR) is 105 cm³/mol. The molecular formula is C23H21F2IN3O-. The van der Waals surface area contributed by atoms with Gasteiger partial charge in [-0.2, -0.15) is 0 Å². The van der Waals surface area contributed by atoms with Crippen molar-refractivity contribution < 1.29 is 34.7 Å². The van der Waals surface area contributed by atoms with Crippen LogP contribution in [0.2, 0.25) is 0 Å². The van der Waals surface area contributed by atoms with E-state index >= 15 is 0 Å². The number of methoxy groups -OCH3 is 1. The van der Waals surface area contributed by atoms with Gasteiger partial charge in [-0.1, -0.05) is 0 Å². The van der Waals surface area contributed by atoms with Crippen LogP contribution in [-0.2, 0) is 5.41 Å². The first-order valence-electron chi connectivity index (χ1n) is 9.76. The first-order valence-corrected chi connectivity index (χ1v) is 12.8. The normalized spacial score (nSPS) is 24.1. The summed E-state index contributed by atoms with van der Waals surface area (Å²) in [4.78, 5) is 4.73. The minimum absolute atomic E-state index is 0.0754. The van der Waals surface area contributed by atoms with Crippen molar-refractivity contribution >= 4 is 0 Å². The maximum absolute atomic E-state index is 14.4. The Morgan fingerprint density at radius 1 is 1.10 bits per heavy atom. The molecule has 1 aliphatic heterocycles. The Hall–Kier alpha value is -2.16. The van der Waals surface area contributed by atoms with Crippen molar-refractivity contribution in [3.63, 3.8) is 0 Å². The third kappa shape index (κ3) is 2.57. The van der Waals surface area contributed by atoms with Crippen molar-refractivity contribution in [1.82, 2.24) is 15.2 Å². The number of nitrogens with zero attached hydrogens (tertiary/aromatic N) is 3. The number of ether oxygens (including phenoxy) is 1. The zero-order valence-corrected chi connectivity index (χ0v) is 19.1. The van der Waals surface area contributed by atoms with E-state index in [-0.39, 0.29) is 49.2 Å². The summed E-state index contributed by atoms with van der Waals surface area (Å²) in [5, 5.41) is 8.92. The first-order chi connectivity index (χ1) is 14.4. The van der Waals surface area contributed by atoms with Crippen LogP contribution in [0, 0.1) is 17.0 Å². The first kappa shape index (κ1) is 19.8. The molecule has 0 amide bonds. The van der Waals surface area contributed by atoms with Gasteiger partial charge in [-0.05, 0) is 0 Å². The number of pyridine rings is 1. The Morgan fingerprint density at radius 2 is 1.87 bits per heavy atom. The average molecular weight is 520 g/mol. The molecule has 7 heteroatoms. The summed E-state index contributed by atoms with van der Waals surface area (Å²) in [6, 6.07) is 9.56. The molecule has 30 heavy (non-hydrogen) atoms. The molecule has 4 nitrogen and oxygen atoms in total. The number of fused-ring (bicyclic) bond motifs is 5. The predicted octanol–water partition coefficient (Wildman–Crippen LogP) is 1.34. The van der Waals surface area contributed by atoms with Gasteiger partial charge in [0.15, 0.2) is 0 Å². The van der Waals surface area contributed by atoms with Crippen LogP contribution >= 0.6 is 0 Å². The molecule has 2 atom stereocenters. The van der Waals surface area contributed by atoms with E-state index in [1.54, 1.807) is 13.3 Å². The van der Waals surface area contributed by atoms with Crippen LogP contribution in [0.5, 0.6) is 5.75 Å². The number of hydrogen-bond donors (Lipinski definition) is 0. The van der Waals surface area contributed by atoms with E-state index in [4.69, 9.17) is 9.72 Å². The third-order valence-corrected chi connectivity index (χ3v) is 9.94. The van der Waals surface area contributed by atoms with Crippen LogP contribution in [0.3, 0.4) is 0 Å². The van der Waals surface area contributed by atoms with Crippen molar-refractivity contribution in [2.24, 2.45) is 5.41 Å². The molecule has 1 saturated heterocycles.